The highest BCUT2D eigenvalue weighted by Crippen LogP contribution is 2.44. The largest absolute Gasteiger partial charge is 0.479 e. The molecule has 0 bridgehead atoms. The number of hydrogen-bond donors (Lipinski definition) is 13. The minimum absolute atomic E-state index is 0.00532. The predicted octanol–water partition coefficient (Wildman–Crippen LogP) is 3.65. The van der Waals surface area contributed by atoms with Crippen LogP contribution in [0.2, 0.25) is 0 Å². The number of carboxylic acids is 2. The van der Waals surface area contributed by atoms with E-state index in [-0.39, 0.29) is 73.4 Å². The zero-order valence-electron chi connectivity index (χ0n) is 49.0. The van der Waals surface area contributed by atoms with E-state index < -0.39 is 24.1 Å². The normalized spacial score (nSPS) is 22.9. The highest BCUT2D eigenvalue weighted by atomic mass is 16.4. The number of nitrogens with one attached hydrogen (secondary N) is 6. The number of H-pyrrole nitrogens is 3. The lowest BCUT2D eigenvalue weighted by Gasteiger charge is -2.39. The van der Waals surface area contributed by atoms with Gasteiger partial charge in [-0.1, -0.05) is 75.4 Å². The van der Waals surface area contributed by atoms with Crippen molar-refractivity contribution in [3.05, 3.63) is 125 Å². The number of carboxylic acid groups (broad SMARTS) is 2. The van der Waals surface area contributed by atoms with E-state index in [2.05, 4.69) is 158 Å². The Morgan fingerprint density at radius 1 is 0.482 bits per heavy atom. The van der Waals surface area contributed by atoms with E-state index in [4.69, 9.17) is 20.4 Å². The van der Waals surface area contributed by atoms with Gasteiger partial charge in [0.05, 0.1) is 55.7 Å². The third-order valence-corrected chi connectivity index (χ3v) is 17.8. The number of aliphatic hydroxyl groups excluding tert-OH is 5. The van der Waals surface area contributed by atoms with Gasteiger partial charge in [-0.15, -0.1) is 0 Å². The monoisotopic (exact) mass is 1170 g/mol. The SMILES string of the molecule is CC[C@@H](CO)NC(=O)[C@@H]1C=C2c3cccc4[nH]cc(c34)C[C@H]2N(C)C1.CC[C@@H](CO)NC(=O)[C@@H]1C=C2c3cccc4[nH]cc(c34)C[C@H]2N(C)C1.CC[C@@H](CO)NC(=O)[C@@H]1C=C2c3cccc4[nH]cc(c34)C[C@H]2N(C)C1.O=C(O)[C@H](O)[C@@H](O)C(=O)O. The molecule has 3 amide bonds. The van der Waals surface area contributed by atoms with Crippen molar-refractivity contribution in [1.29, 1.82) is 0 Å². The summed E-state index contributed by atoms with van der Waals surface area (Å²) in [5.74, 6) is -4.08. The van der Waals surface area contributed by atoms with Gasteiger partial charge in [-0.2, -0.15) is 0 Å². The molecule has 11 atom stereocenters. The molecule has 0 spiro atoms. The second-order valence-corrected chi connectivity index (χ2v) is 23.2. The Morgan fingerprint density at radius 3 is 0.988 bits per heavy atom. The number of aromatic nitrogens is 3. The van der Waals surface area contributed by atoms with E-state index in [9.17, 15) is 39.3 Å². The third-order valence-electron chi connectivity index (χ3n) is 17.8. The summed E-state index contributed by atoms with van der Waals surface area (Å²) in [6, 6.07) is 19.5. The van der Waals surface area contributed by atoms with Gasteiger partial charge in [0.15, 0.2) is 12.2 Å². The van der Waals surface area contributed by atoms with Crippen molar-refractivity contribution in [3.63, 3.8) is 0 Å². The maximum absolute atomic E-state index is 12.7. The molecule has 6 aliphatic rings. The molecule has 6 heterocycles. The van der Waals surface area contributed by atoms with Crippen molar-refractivity contribution >= 4 is 79.1 Å². The molecule has 3 aromatic heterocycles. The standard InChI is InChI=1S/3C20H25N3O2.C4H6O6/c3*1-3-14(11-24)22-20(25)13-7-16-15-5-4-6-17-19(15)12(9-21-17)8-18(16)23(2)10-13;5-1(3(7)8)2(6)4(9)10/h3*4-7,9,13-14,18,21,24H,3,8,10-11H2,1-2H3,(H,22,25);1-2,5-6H,(H,7,8)(H,9,10)/t3*13-,14+,18-;1-,2-/m1111/s1. The van der Waals surface area contributed by atoms with Crippen LogP contribution in [0.1, 0.15) is 73.4 Å². The highest BCUT2D eigenvalue weighted by Gasteiger charge is 2.39. The van der Waals surface area contributed by atoms with E-state index in [1.54, 1.807) is 0 Å². The molecule has 21 nitrogen and oxygen atoms in total. The van der Waals surface area contributed by atoms with Gasteiger partial charge in [-0.05, 0) is 128 Å². The number of hydrogen-bond acceptors (Lipinski definition) is 13. The lowest BCUT2D eigenvalue weighted by Crippen LogP contribution is -2.48. The molecule has 3 aliphatic heterocycles. The first-order valence-corrected chi connectivity index (χ1v) is 29.4. The summed E-state index contributed by atoms with van der Waals surface area (Å²) in [6.07, 6.45) is 13.4. The van der Waals surface area contributed by atoms with Crippen LogP contribution in [0.5, 0.6) is 0 Å². The number of carbonyl (C=O) groups excluding carboxylic acids is 3. The number of aliphatic carboxylic acids is 2. The molecule has 85 heavy (non-hydrogen) atoms. The number of carbonyl (C=O) groups is 5. The fraction of sp³-hybridized carbons (Fsp3) is 0.453. The van der Waals surface area contributed by atoms with Crippen LogP contribution in [0, 0.1) is 17.8 Å². The Labute approximate surface area is 493 Å². The number of aliphatic hydroxyl groups is 5. The molecular weight excluding hydrogens is 1090 g/mol. The van der Waals surface area contributed by atoms with Crippen LogP contribution in [-0.4, -0.2) is 204 Å². The topological polar surface area (TPSA) is 320 Å². The third kappa shape index (κ3) is 12.9. The van der Waals surface area contributed by atoms with Crippen LogP contribution in [0.4, 0.5) is 0 Å². The Bertz CT molecular complexity index is 3160. The minimum atomic E-state index is -2.27. The molecule has 454 valence electrons. The van der Waals surface area contributed by atoms with Crippen molar-refractivity contribution in [1.82, 2.24) is 45.6 Å². The summed E-state index contributed by atoms with van der Waals surface area (Å²) in [6.45, 7) is 7.97. The van der Waals surface area contributed by atoms with Crippen molar-refractivity contribution in [2.45, 2.75) is 108 Å². The Morgan fingerprint density at radius 2 is 0.753 bits per heavy atom. The van der Waals surface area contributed by atoms with Crippen LogP contribution in [0.25, 0.3) is 49.4 Å². The zero-order valence-corrected chi connectivity index (χ0v) is 49.0. The maximum atomic E-state index is 12.7. The van der Waals surface area contributed by atoms with Gasteiger partial charge in [0.1, 0.15) is 0 Å². The summed E-state index contributed by atoms with van der Waals surface area (Å²) in [4.78, 5) is 74.6. The second kappa shape index (κ2) is 26.8. The minimum Gasteiger partial charge on any atom is -0.479 e. The Hall–Kier alpha value is -7.47. The fourth-order valence-corrected chi connectivity index (χ4v) is 12.9. The average Bonchev–Trinajstić information content (AvgIpc) is 1.84. The molecule has 3 aliphatic carbocycles. The summed E-state index contributed by atoms with van der Waals surface area (Å²) in [5.41, 5.74) is 15.0. The van der Waals surface area contributed by atoms with Crippen molar-refractivity contribution in [3.8, 4) is 0 Å². The van der Waals surface area contributed by atoms with Crippen LogP contribution in [-0.2, 0) is 43.2 Å². The molecule has 0 radical (unpaired) electrons. The van der Waals surface area contributed by atoms with Gasteiger partial charge < -0.3 is 66.6 Å². The summed E-state index contributed by atoms with van der Waals surface area (Å²) >= 11 is 0. The van der Waals surface area contributed by atoms with E-state index in [0.29, 0.717) is 37.8 Å². The zero-order chi connectivity index (χ0) is 61.0. The summed E-state index contributed by atoms with van der Waals surface area (Å²) in [7, 11) is 6.29. The number of amides is 3. The van der Waals surface area contributed by atoms with E-state index in [1.165, 1.54) is 66.3 Å². The van der Waals surface area contributed by atoms with Crippen LogP contribution in [0.3, 0.4) is 0 Å². The van der Waals surface area contributed by atoms with Crippen LogP contribution in [0.15, 0.2) is 91.4 Å². The van der Waals surface area contributed by atoms with Gasteiger partial charge in [-0.25, -0.2) is 9.59 Å². The quantitative estimate of drug-likeness (QED) is 0.0698. The van der Waals surface area contributed by atoms with Crippen LogP contribution >= 0.6 is 0 Å². The van der Waals surface area contributed by atoms with E-state index >= 15 is 0 Å². The maximum Gasteiger partial charge on any atom is 0.335 e. The van der Waals surface area contributed by atoms with Crippen molar-refractivity contribution < 1.29 is 59.7 Å². The van der Waals surface area contributed by atoms with Crippen molar-refractivity contribution in [2.75, 3.05) is 60.6 Å². The number of rotatable bonds is 15. The first-order chi connectivity index (χ1) is 40.8. The van der Waals surface area contributed by atoms with Crippen LogP contribution < -0.4 is 16.0 Å². The van der Waals surface area contributed by atoms with Gasteiger partial charge >= 0.3 is 11.9 Å². The van der Waals surface area contributed by atoms with Gasteiger partial charge in [0, 0.05) is 89.1 Å². The fourth-order valence-electron chi connectivity index (χ4n) is 12.9. The molecule has 0 unspecified atom stereocenters. The number of fused-ring (bicyclic) bond motifs is 6. The molecule has 0 saturated heterocycles. The molecule has 12 rings (SSSR count). The Kier molecular flexibility index (Phi) is 19.6. The number of likely N-dealkylation sites (N-methyl/N-ethyl adjacent to an activating group) is 3. The number of aromatic amines is 3. The molecule has 0 fully saturated rings. The molecule has 21 heteroatoms. The summed E-state index contributed by atoms with van der Waals surface area (Å²) < 4.78 is 0. The highest BCUT2D eigenvalue weighted by molar-refractivity contribution is 6.02. The van der Waals surface area contributed by atoms with Crippen molar-refractivity contribution in [2.24, 2.45) is 17.8 Å². The van der Waals surface area contributed by atoms with Gasteiger partial charge in [0.2, 0.25) is 17.7 Å². The lowest BCUT2D eigenvalue weighted by atomic mass is 9.80. The first-order valence-electron chi connectivity index (χ1n) is 29.4. The molecule has 3 aromatic carbocycles. The molecule has 0 saturated carbocycles. The average molecular weight is 1170 g/mol. The predicted molar refractivity (Wildman–Crippen MR) is 325 cm³/mol. The first kappa shape index (κ1) is 62.1. The number of nitrogens with zero attached hydrogens (tertiary/aromatic N) is 3. The number of benzene rings is 3. The van der Waals surface area contributed by atoms with E-state index in [1.807, 2.05) is 20.8 Å². The molecule has 13 N–H and O–H groups in total. The van der Waals surface area contributed by atoms with E-state index in [0.717, 1.165) is 55.1 Å². The molecule has 6 aromatic rings. The van der Waals surface area contributed by atoms with Gasteiger partial charge in [-0.3, -0.25) is 29.1 Å². The molecular formula is C64H81N9O12. The second-order valence-electron chi connectivity index (χ2n) is 23.2. The smallest absolute Gasteiger partial charge is 0.335 e. The van der Waals surface area contributed by atoms with Gasteiger partial charge in [0.25, 0.3) is 0 Å². The summed E-state index contributed by atoms with van der Waals surface area (Å²) in [5, 5.41) is 73.4. The Balaban J connectivity index is 0.000000141. The lowest BCUT2D eigenvalue weighted by molar-refractivity contribution is -0.165.